The minimum absolute atomic E-state index is 0.0974. The average molecular weight is 438 g/mol. The maximum atomic E-state index is 13.7. The molecule has 0 radical (unpaired) electrons. The predicted molar refractivity (Wildman–Crippen MR) is 117 cm³/mol. The third-order valence-corrected chi connectivity index (χ3v) is 7.00. The van der Waals surface area contributed by atoms with E-state index in [-0.39, 0.29) is 12.3 Å². The van der Waals surface area contributed by atoms with E-state index >= 15 is 0 Å². The van der Waals surface area contributed by atoms with Gasteiger partial charge < -0.3 is 16.0 Å². The van der Waals surface area contributed by atoms with Crippen molar-refractivity contribution in [2.75, 3.05) is 11.4 Å². The van der Waals surface area contributed by atoms with Crippen LogP contribution in [0.15, 0.2) is 59.5 Å². The fourth-order valence-electron chi connectivity index (χ4n) is 4.11. The molecule has 1 saturated carbocycles. The fourth-order valence-corrected chi connectivity index (χ4v) is 5.45. The lowest BCUT2D eigenvalue weighted by Gasteiger charge is -2.28. The van der Waals surface area contributed by atoms with Gasteiger partial charge in [0, 0.05) is 11.3 Å². The van der Waals surface area contributed by atoms with Crippen LogP contribution in [0.4, 0.5) is 5.69 Å². The molecule has 4 rings (SSSR count). The first-order valence-corrected chi connectivity index (χ1v) is 11.1. The molecule has 0 saturated heterocycles. The van der Waals surface area contributed by atoms with Crippen molar-refractivity contribution in [2.24, 2.45) is 11.7 Å². The van der Waals surface area contributed by atoms with Crippen LogP contribution in [0.5, 0.6) is 0 Å². The number of ketones is 1. The summed E-state index contributed by atoms with van der Waals surface area (Å²) in [6, 6.07) is 15.7. The number of nitrogens with two attached hydrogens (primary N) is 1. The van der Waals surface area contributed by atoms with Crippen LogP contribution in [0, 0.1) is 5.92 Å². The highest BCUT2D eigenvalue weighted by Crippen LogP contribution is 2.45. The SMILES string of the molecule is NC(=O)CN1C(=O)[C@H](NC(=O)C2CCCC2=O)[C@@H](c2ccccc2)Sc2ccccc21. The number of carbonyl (C=O) groups is 4. The van der Waals surface area contributed by atoms with Gasteiger partial charge in [-0.2, -0.15) is 0 Å². The molecule has 2 aromatic carbocycles. The van der Waals surface area contributed by atoms with Crippen LogP contribution in [0.25, 0.3) is 0 Å². The predicted octanol–water partition coefficient (Wildman–Crippen LogP) is 2.21. The summed E-state index contributed by atoms with van der Waals surface area (Å²) in [5.41, 5.74) is 6.87. The van der Waals surface area contributed by atoms with Crippen LogP contribution >= 0.6 is 11.8 Å². The summed E-state index contributed by atoms with van der Waals surface area (Å²) < 4.78 is 0. The Kier molecular flexibility index (Phi) is 6.08. The van der Waals surface area contributed by atoms with E-state index in [9.17, 15) is 19.2 Å². The summed E-state index contributed by atoms with van der Waals surface area (Å²) in [4.78, 5) is 52.6. The Labute approximate surface area is 184 Å². The number of rotatable bonds is 5. The van der Waals surface area contributed by atoms with Crippen molar-refractivity contribution in [1.82, 2.24) is 5.32 Å². The molecule has 1 heterocycles. The Balaban J connectivity index is 1.76. The van der Waals surface area contributed by atoms with E-state index in [1.165, 1.54) is 16.7 Å². The van der Waals surface area contributed by atoms with Gasteiger partial charge in [0.2, 0.25) is 11.8 Å². The van der Waals surface area contributed by atoms with Gasteiger partial charge in [0.15, 0.2) is 0 Å². The molecular weight excluding hydrogens is 414 g/mol. The number of hydrogen-bond donors (Lipinski definition) is 2. The van der Waals surface area contributed by atoms with Gasteiger partial charge in [0.25, 0.3) is 5.91 Å². The molecule has 7 nitrogen and oxygen atoms in total. The minimum Gasteiger partial charge on any atom is -0.368 e. The van der Waals surface area contributed by atoms with Crippen LogP contribution in [0.1, 0.15) is 30.1 Å². The second kappa shape index (κ2) is 8.93. The van der Waals surface area contributed by atoms with Crippen molar-refractivity contribution >= 4 is 41.0 Å². The number of fused-ring (bicyclic) bond motifs is 1. The van der Waals surface area contributed by atoms with E-state index in [1.54, 1.807) is 12.1 Å². The Morgan fingerprint density at radius 3 is 2.45 bits per heavy atom. The summed E-state index contributed by atoms with van der Waals surface area (Å²) >= 11 is 1.44. The highest BCUT2D eigenvalue weighted by molar-refractivity contribution is 7.99. The molecule has 8 heteroatoms. The number of nitrogens with one attached hydrogen (secondary N) is 1. The standard InChI is InChI=1S/C23H23N3O4S/c24-19(28)13-26-16-10-4-5-12-18(16)31-21(14-7-2-1-3-8-14)20(23(26)30)25-22(29)15-9-6-11-17(15)27/h1-5,7-8,10,12,15,20-21H,6,9,11,13H2,(H2,24,28)(H,25,29)/t15?,20-,21-/m1/s1. The highest BCUT2D eigenvalue weighted by Gasteiger charge is 2.42. The van der Waals surface area contributed by atoms with Gasteiger partial charge >= 0.3 is 0 Å². The maximum absolute atomic E-state index is 13.7. The number of Topliss-reactive ketones (excluding diaryl/α,β-unsaturated/α-hetero) is 1. The molecule has 0 spiro atoms. The average Bonchev–Trinajstić information content (AvgIpc) is 3.16. The Morgan fingerprint density at radius 1 is 1.06 bits per heavy atom. The number of amides is 3. The van der Waals surface area contributed by atoms with Gasteiger partial charge in [-0.1, -0.05) is 42.5 Å². The maximum Gasteiger partial charge on any atom is 0.251 e. The van der Waals surface area contributed by atoms with E-state index in [1.807, 2.05) is 42.5 Å². The Morgan fingerprint density at radius 2 is 1.77 bits per heavy atom. The van der Waals surface area contributed by atoms with Crippen LogP contribution in [-0.4, -0.2) is 36.1 Å². The molecule has 0 aromatic heterocycles. The van der Waals surface area contributed by atoms with E-state index in [4.69, 9.17) is 5.73 Å². The molecule has 1 aliphatic carbocycles. The zero-order valence-electron chi connectivity index (χ0n) is 16.8. The van der Waals surface area contributed by atoms with Gasteiger partial charge in [-0.25, -0.2) is 0 Å². The molecule has 3 atom stereocenters. The zero-order chi connectivity index (χ0) is 22.0. The van der Waals surface area contributed by atoms with Gasteiger partial charge in [0.1, 0.15) is 18.4 Å². The summed E-state index contributed by atoms with van der Waals surface area (Å²) in [7, 11) is 0. The van der Waals surface area contributed by atoms with E-state index < -0.39 is 34.9 Å². The van der Waals surface area contributed by atoms with E-state index in [0.29, 0.717) is 24.9 Å². The lowest BCUT2D eigenvalue weighted by molar-refractivity contribution is -0.135. The summed E-state index contributed by atoms with van der Waals surface area (Å²) in [6.07, 6.45) is 1.54. The lowest BCUT2D eigenvalue weighted by Crippen LogP contribution is -2.53. The molecule has 160 valence electrons. The number of anilines is 1. The third kappa shape index (κ3) is 4.34. The monoisotopic (exact) mass is 437 g/mol. The highest BCUT2D eigenvalue weighted by atomic mass is 32.2. The Hall–Kier alpha value is -3.13. The van der Waals surface area contributed by atoms with Crippen molar-refractivity contribution in [3.8, 4) is 0 Å². The second-order valence-corrected chi connectivity index (χ2v) is 8.89. The summed E-state index contributed by atoms with van der Waals surface area (Å²) in [5.74, 6) is -2.34. The first-order chi connectivity index (χ1) is 15.0. The number of benzene rings is 2. The van der Waals surface area contributed by atoms with E-state index in [2.05, 4.69) is 5.32 Å². The first kappa shape index (κ1) is 21.1. The molecule has 2 aliphatic rings. The first-order valence-electron chi connectivity index (χ1n) is 10.2. The van der Waals surface area contributed by atoms with Crippen molar-refractivity contribution < 1.29 is 19.2 Å². The van der Waals surface area contributed by atoms with Crippen LogP contribution in [-0.2, 0) is 19.2 Å². The van der Waals surface area contributed by atoms with Crippen molar-refractivity contribution in [1.29, 1.82) is 0 Å². The Bertz CT molecular complexity index is 1030. The molecule has 1 aliphatic heterocycles. The van der Waals surface area contributed by atoms with E-state index in [0.717, 1.165) is 10.5 Å². The summed E-state index contributed by atoms with van der Waals surface area (Å²) in [6.45, 7) is -0.299. The number of primary amides is 1. The molecule has 3 N–H and O–H groups in total. The van der Waals surface area contributed by atoms with Gasteiger partial charge in [-0.3, -0.25) is 19.2 Å². The smallest absolute Gasteiger partial charge is 0.251 e. The number of carbonyl (C=O) groups excluding carboxylic acids is 4. The number of nitrogens with zero attached hydrogens (tertiary/aromatic N) is 1. The van der Waals surface area contributed by atoms with Crippen LogP contribution in [0.3, 0.4) is 0 Å². The number of para-hydroxylation sites is 1. The molecule has 0 bridgehead atoms. The van der Waals surface area contributed by atoms with Crippen LogP contribution in [0.2, 0.25) is 0 Å². The normalized spacial score (nSPS) is 23.2. The quantitative estimate of drug-likeness (QED) is 0.697. The molecule has 3 amide bonds. The van der Waals surface area contributed by atoms with Gasteiger partial charge in [0.05, 0.1) is 16.9 Å². The molecule has 1 unspecified atom stereocenters. The fraction of sp³-hybridized carbons (Fsp3) is 0.304. The topological polar surface area (TPSA) is 110 Å². The second-order valence-electron chi connectivity index (χ2n) is 7.70. The third-order valence-electron chi connectivity index (χ3n) is 5.61. The zero-order valence-corrected chi connectivity index (χ0v) is 17.6. The lowest BCUT2D eigenvalue weighted by atomic mass is 10.0. The molecule has 1 fully saturated rings. The minimum atomic E-state index is -0.958. The largest absolute Gasteiger partial charge is 0.368 e. The molecule has 2 aromatic rings. The molecule has 31 heavy (non-hydrogen) atoms. The number of hydrogen-bond acceptors (Lipinski definition) is 5. The summed E-state index contributed by atoms with van der Waals surface area (Å²) in [5, 5.41) is 2.41. The van der Waals surface area contributed by atoms with Crippen molar-refractivity contribution in [3.63, 3.8) is 0 Å². The van der Waals surface area contributed by atoms with Gasteiger partial charge in [-0.15, -0.1) is 11.8 Å². The van der Waals surface area contributed by atoms with Crippen LogP contribution < -0.4 is 16.0 Å². The van der Waals surface area contributed by atoms with Crippen molar-refractivity contribution in [3.05, 3.63) is 60.2 Å². The van der Waals surface area contributed by atoms with Gasteiger partial charge in [-0.05, 0) is 30.5 Å². The van der Waals surface area contributed by atoms with Crippen molar-refractivity contribution in [2.45, 2.75) is 35.4 Å². The number of thioether (sulfide) groups is 1. The molecular formula is C23H23N3O4S.